The molecule has 1 amide bonds. The molecule has 98 valence electrons. The third-order valence-electron chi connectivity index (χ3n) is 3.52. The molecule has 18 heavy (non-hydrogen) atoms. The fourth-order valence-electron chi connectivity index (χ4n) is 1.93. The van der Waals surface area contributed by atoms with Gasteiger partial charge in [0.15, 0.2) is 0 Å². The van der Waals surface area contributed by atoms with Gasteiger partial charge in [-0.2, -0.15) is 0 Å². The molecule has 3 atom stereocenters. The van der Waals surface area contributed by atoms with Crippen LogP contribution >= 0.6 is 0 Å². The first-order chi connectivity index (χ1) is 8.60. The maximum absolute atomic E-state index is 11.6. The van der Waals surface area contributed by atoms with Gasteiger partial charge in [0.05, 0.1) is 0 Å². The zero-order valence-corrected chi connectivity index (χ0v) is 11.3. The van der Waals surface area contributed by atoms with Crippen molar-refractivity contribution in [3.05, 3.63) is 29.7 Å². The van der Waals surface area contributed by atoms with E-state index in [1.807, 2.05) is 26.0 Å². The van der Waals surface area contributed by atoms with Gasteiger partial charge in [0.1, 0.15) is 11.5 Å². The van der Waals surface area contributed by atoms with Crippen molar-refractivity contribution in [1.82, 2.24) is 5.32 Å². The van der Waals surface area contributed by atoms with Crippen molar-refractivity contribution in [3.63, 3.8) is 0 Å². The molecule has 0 aliphatic heterocycles. The Kier molecular flexibility index (Phi) is 3.90. The molecule has 1 fully saturated rings. The molecule has 1 heterocycles. The number of amides is 1. The molecule has 1 aliphatic rings. The average molecular weight is 247 g/mol. The van der Waals surface area contributed by atoms with E-state index in [4.69, 9.17) is 4.42 Å². The van der Waals surface area contributed by atoms with Gasteiger partial charge >= 0.3 is 0 Å². The molecular weight excluding hydrogens is 226 g/mol. The van der Waals surface area contributed by atoms with E-state index in [1.54, 1.807) is 6.08 Å². The summed E-state index contributed by atoms with van der Waals surface area (Å²) in [6, 6.07) is 4.15. The first-order valence-corrected chi connectivity index (χ1v) is 6.68. The van der Waals surface area contributed by atoms with Crippen LogP contribution in [0.1, 0.15) is 51.1 Å². The van der Waals surface area contributed by atoms with Crippen LogP contribution in [0.15, 0.2) is 22.6 Å². The molecule has 0 spiro atoms. The lowest BCUT2D eigenvalue weighted by Gasteiger charge is -2.08. The molecule has 1 N–H and O–H groups in total. The Morgan fingerprint density at radius 3 is 2.94 bits per heavy atom. The van der Waals surface area contributed by atoms with Gasteiger partial charge in [-0.3, -0.25) is 4.79 Å². The van der Waals surface area contributed by atoms with Gasteiger partial charge in [-0.1, -0.05) is 13.8 Å². The lowest BCUT2D eigenvalue weighted by Crippen LogP contribution is -2.30. The second kappa shape index (κ2) is 5.42. The maximum atomic E-state index is 11.6. The predicted octanol–water partition coefficient (Wildman–Crippen LogP) is 3.33. The minimum Gasteiger partial charge on any atom is -0.461 e. The fourth-order valence-corrected chi connectivity index (χ4v) is 1.93. The summed E-state index contributed by atoms with van der Waals surface area (Å²) >= 11 is 0. The molecule has 2 rings (SSSR count). The highest BCUT2D eigenvalue weighted by Crippen LogP contribution is 2.47. The minimum atomic E-state index is -0.0675. The van der Waals surface area contributed by atoms with Crippen LogP contribution in [0.4, 0.5) is 0 Å². The predicted molar refractivity (Wildman–Crippen MR) is 72.2 cm³/mol. The molecule has 1 aliphatic carbocycles. The average Bonchev–Trinajstić information content (AvgIpc) is 2.90. The molecule has 0 saturated heterocycles. The van der Waals surface area contributed by atoms with Crippen molar-refractivity contribution >= 4 is 12.0 Å². The number of nitrogens with one attached hydrogen (secondary N) is 1. The zero-order valence-electron chi connectivity index (χ0n) is 11.3. The van der Waals surface area contributed by atoms with Crippen LogP contribution in [0.25, 0.3) is 6.08 Å². The third kappa shape index (κ3) is 3.25. The van der Waals surface area contributed by atoms with E-state index in [-0.39, 0.29) is 11.9 Å². The van der Waals surface area contributed by atoms with E-state index >= 15 is 0 Å². The van der Waals surface area contributed by atoms with E-state index in [0.717, 1.165) is 23.9 Å². The normalized spacial score (nSPS) is 24.2. The van der Waals surface area contributed by atoms with E-state index in [9.17, 15) is 4.79 Å². The van der Waals surface area contributed by atoms with E-state index in [0.29, 0.717) is 5.92 Å². The Balaban J connectivity index is 1.88. The van der Waals surface area contributed by atoms with Gasteiger partial charge < -0.3 is 9.73 Å². The fraction of sp³-hybridized carbons (Fsp3) is 0.533. The highest BCUT2D eigenvalue weighted by molar-refractivity contribution is 5.91. The van der Waals surface area contributed by atoms with E-state index in [2.05, 4.69) is 12.2 Å². The van der Waals surface area contributed by atoms with Crippen LogP contribution in [0.3, 0.4) is 0 Å². The second-order valence-electron chi connectivity index (χ2n) is 5.21. The lowest BCUT2D eigenvalue weighted by molar-refractivity contribution is -0.117. The van der Waals surface area contributed by atoms with E-state index < -0.39 is 0 Å². The summed E-state index contributed by atoms with van der Waals surface area (Å²) in [5, 5.41) is 2.88. The molecule has 3 heteroatoms. The minimum absolute atomic E-state index is 0.0675. The lowest BCUT2D eigenvalue weighted by atomic mass is 10.2. The molecule has 0 bridgehead atoms. The number of hydrogen-bond acceptors (Lipinski definition) is 2. The quantitative estimate of drug-likeness (QED) is 0.811. The van der Waals surface area contributed by atoms with Crippen LogP contribution in [0.2, 0.25) is 0 Å². The second-order valence-corrected chi connectivity index (χ2v) is 5.21. The maximum Gasteiger partial charge on any atom is 0.244 e. The summed E-state index contributed by atoms with van der Waals surface area (Å²) in [6.07, 6.45) is 5.41. The smallest absolute Gasteiger partial charge is 0.244 e. The number of carbonyl (C=O) groups is 1. The topological polar surface area (TPSA) is 42.2 Å². The van der Waals surface area contributed by atoms with Gasteiger partial charge in [-0.25, -0.2) is 0 Å². The summed E-state index contributed by atoms with van der Waals surface area (Å²) < 4.78 is 5.69. The van der Waals surface area contributed by atoms with Crippen LogP contribution in [0, 0.1) is 5.92 Å². The van der Waals surface area contributed by atoms with Crippen molar-refractivity contribution in [2.45, 2.75) is 45.6 Å². The Morgan fingerprint density at radius 1 is 1.61 bits per heavy atom. The molecule has 0 unspecified atom stereocenters. The molecule has 1 aromatic rings. The van der Waals surface area contributed by atoms with Crippen LogP contribution in [-0.4, -0.2) is 11.9 Å². The van der Waals surface area contributed by atoms with Crippen molar-refractivity contribution < 1.29 is 9.21 Å². The van der Waals surface area contributed by atoms with Crippen molar-refractivity contribution in [1.29, 1.82) is 0 Å². The molecular formula is C15H21NO2. The summed E-state index contributed by atoms with van der Waals surface area (Å²) in [6.45, 7) is 6.26. The van der Waals surface area contributed by atoms with Crippen LogP contribution < -0.4 is 5.32 Å². The van der Waals surface area contributed by atoms with Gasteiger partial charge in [0.25, 0.3) is 0 Å². The van der Waals surface area contributed by atoms with Crippen LogP contribution in [0.5, 0.6) is 0 Å². The van der Waals surface area contributed by atoms with Crippen molar-refractivity contribution in [3.8, 4) is 0 Å². The number of furan rings is 1. The summed E-state index contributed by atoms with van der Waals surface area (Å²) in [4.78, 5) is 11.6. The monoisotopic (exact) mass is 247 g/mol. The zero-order chi connectivity index (χ0) is 13.1. The van der Waals surface area contributed by atoms with Crippen LogP contribution in [-0.2, 0) is 4.79 Å². The summed E-state index contributed by atoms with van der Waals surface area (Å²) in [7, 11) is 0. The van der Waals surface area contributed by atoms with Gasteiger partial charge in [-0.05, 0) is 43.9 Å². The SMILES string of the molecule is CC[C@@H](C)NC(=O)/C=C/c1ccc([C@H]2C[C@@H]2C)o1. The molecule has 0 radical (unpaired) electrons. The number of hydrogen-bond donors (Lipinski definition) is 1. The third-order valence-corrected chi connectivity index (χ3v) is 3.52. The first kappa shape index (κ1) is 12.9. The summed E-state index contributed by atoms with van der Waals surface area (Å²) in [5.41, 5.74) is 0. The number of rotatable bonds is 5. The standard InChI is InChI=1S/C15H21NO2/c1-4-11(3)16-15(17)8-6-12-5-7-14(18-12)13-9-10(13)2/h5-8,10-11,13H,4,9H2,1-3H3,(H,16,17)/b8-6+/t10-,11+,13-/m0/s1. The molecule has 0 aromatic carbocycles. The largest absolute Gasteiger partial charge is 0.461 e. The molecule has 3 nitrogen and oxygen atoms in total. The molecule has 1 aromatic heterocycles. The van der Waals surface area contributed by atoms with Gasteiger partial charge in [0, 0.05) is 18.0 Å². The van der Waals surface area contributed by atoms with E-state index in [1.165, 1.54) is 12.5 Å². The Labute approximate surface area is 108 Å². The Hall–Kier alpha value is -1.51. The highest BCUT2D eigenvalue weighted by atomic mass is 16.3. The molecule has 1 saturated carbocycles. The van der Waals surface area contributed by atoms with Gasteiger partial charge in [-0.15, -0.1) is 0 Å². The number of carbonyl (C=O) groups excluding carboxylic acids is 1. The van der Waals surface area contributed by atoms with Gasteiger partial charge in [0.2, 0.25) is 5.91 Å². The first-order valence-electron chi connectivity index (χ1n) is 6.68. The summed E-state index contributed by atoms with van der Waals surface area (Å²) in [5.74, 6) is 3.05. The highest BCUT2D eigenvalue weighted by Gasteiger charge is 2.36. The van der Waals surface area contributed by atoms with Crippen molar-refractivity contribution in [2.24, 2.45) is 5.92 Å². The van der Waals surface area contributed by atoms with Crippen molar-refractivity contribution in [2.75, 3.05) is 0 Å². The Bertz CT molecular complexity index is 447. The Morgan fingerprint density at radius 2 is 2.33 bits per heavy atom.